The van der Waals surface area contributed by atoms with Gasteiger partial charge < -0.3 is 14.2 Å². The summed E-state index contributed by atoms with van der Waals surface area (Å²) in [5.41, 5.74) is 1.83. The number of halogens is 2. The summed E-state index contributed by atoms with van der Waals surface area (Å²) in [7, 11) is 0. The molecule has 0 spiro atoms. The molecule has 5 nitrogen and oxygen atoms in total. The first-order valence-corrected chi connectivity index (χ1v) is 9.38. The number of hydrogen-bond acceptors (Lipinski definition) is 3. The molecule has 2 heterocycles. The summed E-state index contributed by atoms with van der Waals surface area (Å²) >= 11 is 0. The van der Waals surface area contributed by atoms with Crippen LogP contribution in [0.3, 0.4) is 0 Å². The van der Waals surface area contributed by atoms with Crippen LogP contribution >= 0.6 is 0 Å². The Hall–Kier alpha value is -3.22. The van der Waals surface area contributed by atoms with Crippen LogP contribution in [0.2, 0.25) is 0 Å². The van der Waals surface area contributed by atoms with Crippen LogP contribution in [0.4, 0.5) is 8.78 Å². The molecule has 0 aliphatic carbocycles. The molecule has 150 valence electrons. The van der Waals surface area contributed by atoms with Gasteiger partial charge in [0.25, 0.3) is 11.8 Å². The van der Waals surface area contributed by atoms with Crippen LogP contribution in [0.15, 0.2) is 40.8 Å². The maximum absolute atomic E-state index is 13.8. The highest BCUT2D eigenvalue weighted by Crippen LogP contribution is 2.27. The maximum atomic E-state index is 13.8. The first kappa shape index (κ1) is 19.1. The monoisotopic (exact) mass is 398 g/mol. The molecule has 1 fully saturated rings. The summed E-state index contributed by atoms with van der Waals surface area (Å²) < 4.78 is 32.9. The molecule has 0 saturated carbocycles. The normalized spacial score (nSPS) is 14.5. The predicted molar refractivity (Wildman–Crippen MR) is 104 cm³/mol. The van der Waals surface area contributed by atoms with E-state index in [1.54, 1.807) is 35.8 Å². The van der Waals surface area contributed by atoms with Gasteiger partial charge in [0.15, 0.2) is 5.76 Å². The van der Waals surface area contributed by atoms with Crippen molar-refractivity contribution in [1.29, 1.82) is 0 Å². The number of aryl methyl sites for hydroxylation is 2. The van der Waals surface area contributed by atoms with Gasteiger partial charge in [-0.2, -0.15) is 0 Å². The van der Waals surface area contributed by atoms with E-state index in [2.05, 4.69) is 0 Å². The lowest BCUT2D eigenvalue weighted by Crippen LogP contribution is -2.50. The predicted octanol–water partition coefficient (Wildman–Crippen LogP) is 3.93. The van der Waals surface area contributed by atoms with E-state index in [0.29, 0.717) is 53.8 Å². The highest BCUT2D eigenvalue weighted by Gasteiger charge is 2.29. The average molecular weight is 398 g/mol. The molecule has 1 aliphatic heterocycles. The average Bonchev–Trinajstić information content (AvgIpc) is 3.05. The number of carbonyl (C=O) groups excluding carboxylic acids is 2. The zero-order valence-electron chi connectivity index (χ0n) is 16.2. The molecule has 1 aromatic heterocycles. The van der Waals surface area contributed by atoms with Gasteiger partial charge in [0.2, 0.25) is 0 Å². The van der Waals surface area contributed by atoms with E-state index >= 15 is 0 Å². The van der Waals surface area contributed by atoms with Gasteiger partial charge in [0.1, 0.15) is 17.2 Å². The van der Waals surface area contributed by atoms with Crippen molar-refractivity contribution in [2.45, 2.75) is 13.8 Å². The fraction of sp³-hybridized carbons (Fsp3) is 0.273. The van der Waals surface area contributed by atoms with Crippen molar-refractivity contribution in [3.63, 3.8) is 0 Å². The Morgan fingerprint density at radius 1 is 0.897 bits per heavy atom. The van der Waals surface area contributed by atoms with E-state index in [1.807, 2.05) is 0 Å². The van der Waals surface area contributed by atoms with Crippen LogP contribution in [-0.2, 0) is 0 Å². The number of amides is 2. The molecule has 0 atom stereocenters. The summed E-state index contributed by atoms with van der Waals surface area (Å²) in [6, 6.07) is 8.57. The summed E-state index contributed by atoms with van der Waals surface area (Å²) in [5.74, 6) is -1.16. The molecule has 0 N–H and O–H groups in total. The smallest absolute Gasteiger partial charge is 0.290 e. The summed E-state index contributed by atoms with van der Waals surface area (Å²) in [6.45, 7) is 4.72. The third kappa shape index (κ3) is 3.48. The lowest BCUT2D eigenvalue weighted by molar-refractivity contribution is 0.0518. The van der Waals surface area contributed by atoms with Crippen LogP contribution in [0.25, 0.3) is 11.0 Å². The van der Waals surface area contributed by atoms with Crippen molar-refractivity contribution >= 4 is 22.8 Å². The van der Waals surface area contributed by atoms with Crippen molar-refractivity contribution in [3.05, 3.63) is 70.5 Å². The Labute approximate surface area is 166 Å². The largest absolute Gasteiger partial charge is 0.451 e. The Kier molecular flexibility index (Phi) is 4.82. The topological polar surface area (TPSA) is 53.8 Å². The quantitative estimate of drug-likeness (QED) is 0.657. The van der Waals surface area contributed by atoms with Gasteiger partial charge in [0.05, 0.1) is 0 Å². The third-order valence-electron chi connectivity index (χ3n) is 5.37. The fourth-order valence-corrected chi connectivity index (χ4v) is 3.56. The van der Waals surface area contributed by atoms with Gasteiger partial charge in [-0.1, -0.05) is 6.07 Å². The number of hydrogen-bond donors (Lipinski definition) is 0. The second-order valence-corrected chi connectivity index (χ2v) is 7.25. The second kappa shape index (κ2) is 7.31. The number of furan rings is 1. The molecule has 1 aliphatic rings. The molecular formula is C22H20F2N2O3. The molecular weight excluding hydrogens is 378 g/mol. The SMILES string of the molecule is Cc1ccc(C(=O)N2CCN(C(=O)c3oc4ccc(F)cc4c3C)CC2)cc1F. The molecule has 3 aromatic rings. The highest BCUT2D eigenvalue weighted by molar-refractivity contribution is 5.99. The van der Waals surface area contributed by atoms with E-state index in [9.17, 15) is 18.4 Å². The molecule has 29 heavy (non-hydrogen) atoms. The van der Waals surface area contributed by atoms with Crippen molar-refractivity contribution in [2.75, 3.05) is 26.2 Å². The van der Waals surface area contributed by atoms with Gasteiger partial charge >= 0.3 is 0 Å². The first-order chi connectivity index (χ1) is 13.8. The molecule has 2 aromatic carbocycles. The Bertz CT molecular complexity index is 1110. The van der Waals surface area contributed by atoms with Crippen LogP contribution < -0.4 is 0 Å². The zero-order chi connectivity index (χ0) is 20.7. The number of fused-ring (bicyclic) bond motifs is 1. The Morgan fingerprint density at radius 2 is 1.55 bits per heavy atom. The lowest BCUT2D eigenvalue weighted by atomic mass is 10.1. The van der Waals surface area contributed by atoms with Crippen molar-refractivity contribution in [2.24, 2.45) is 0 Å². The van der Waals surface area contributed by atoms with Crippen molar-refractivity contribution in [1.82, 2.24) is 9.80 Å². The fourth-order valence-electron chi connectivity index (χ4n) is 3.56. The van der Waals surface area contributed by atoms with E-state index in [0.717, 1.165) is 0 Å². The minimum Gasteiger partial charge on any atom is -0.451 e. The van der Waals surface area contributed by atoms with E-state index in [1.165, 1.54) is 24.3 Å². The molecule has 0 radical (unpaired) electrons. The van der Waals surface area contributed by atoms with Gasteiger partial charge in [-0.05, 0) is 49.7 Å². The zero-order valence-corrected chi connectivity index (χ0v) is 16.2. The molecule has 2 amide bonds. The lowest BCUT2D eigenvalue weighted by Gasteiger charge is -2.34. The minimum absolute atomic E-state index is 0.186. The van der Waals surface area contributed by atoms with Crippen molar-refractivity contribution < 1.29 is 22.8 Å². The number of benzene rings is 2. The van der Waals surface area contributed by atoms with Crippen LogP contribution in [0, 0.1) is 25.5 Å². The molecule has 0 bridgehead atoms. The summed E-state index contributed by atoms with van der Waals surface area (Å²) in [6.07, 6.45) is 0. The Balaban J connectivity index is 1.47. The Morgan fingerprint density at radius 3 is 2.21 bits per heavy atom. The maximum Gasteiger partial charge on any atom is 0.290 e. The molecule has 4 rings (SSSR count). The van der Waals surface area contributed by atoms with Gasteiger partial charge in [-0.3, -0.25) is 9.59 Å². The number of nitrogens with zero attached hydrogens (tertiary/aromatic N) is 2. The van der Waals surface area contributed by atoms with Gasteiger partial charge in [0, 0.05) is 42.7 Å². The summed E-state index contributed by atoms with van der Waals surface area (Å²) in [5, 5.41) is 0.573. The minimum atomic E-state index is -0.415. The number of carbonyl (C=O) groups is 2. The van der Waals surface area contributed by atoms with Crippen molar-refractivity contribution in [3.8, 4) is 0 Å². The number of rotatable bonds is 2. The van der Waals surface area contributed by atoms with Gasteiger partial charge in [-0.25, -0.2) is 8.78 Å². The highest BCUT2D eigenvalue weighted by atomic mass is 19.1. The van der Waals surface area contributed by atoms with E-state index < -0.39 is 5.82 Å². The number of piperazine rings is 1. The van der Waals surface area contributed by atoms with Crippen LogP contribution in [0.1, 0.15) is 32.0 Å². The van der Waals surface area contributed by atoms with Crippen LogP contribution in [0.5, 0.6) is 0 Å². The third-order valence-corrected chi connectivity index (χ3v) is 5.37. The molecule has 7 heteroatoms. The second-order valence-electron chi connectivity index (χ2n) is 7.25. The van der Waals surface area contributed by atoms with E-state index in [-0.39, 0.29) is 23.4 Å². The van der Waals surface area contributed by atoms with Crippen LogP contribution in [-0.4, -0.2) is 47.8 Å². The first-order valence-electron chi connectivity index (χ1n) is 9.38. The van der Waals surface area contributed by atoms with E-state index in [4.69, 9.17) is 4.42 Å². The van der Waals surface area contributed by atoms with Gasteiger partial charge in [-0.15, -0.1) is 0 Å². The molecule has 1 saturated heterocycles. The summed E-state index contributed by atoms with van der Waals surface area (Å²) in [4.78, 5) is 28.7. The molecule has 0 unspecified atom stereocenters. The standard InChI is InChI=1S/C22H20F2N2O3/c1-13-3-4-15(11-18(13)24)21(27)25-7-9-26(10-8-25)22(28)20-14(2)17-12-16(23)5-6-19(17)29-20/h3-6,11-12H,7-10H2,1-2H3.